The summed E-state index contributed by atoms with van der Waals surface area (Å²) in [7, 11) is 0. The Morgan fingerprint density at radius 2 is 1.38 bits per heavy atom. The van der Waals surface area contributed by atoms with E-state index >= 15 is 0 Å². The van der Waals surface area contributed by atoms with Crippen molar-refractivity contribution < 1.29 is 15.0 Å². The molecule has 0 saturated carbocycles. The van der Waals surface area contributed by atoms with E-state index in [0.717, 1.165) is 11.1 Å². The van der Waals surface area contributed by atoms with Gasteiger partial charge in [-0.15, -0.1) is 0 Å². The van der Waals surface area contributed by atoms with Crippen molar-refractivity contribution in [3.8, 4) is 0 Å². The molecule has 0 unspecified atom stereocenters. The summed E-state index contributed by atoms with van der Waals surface area (Å²) in [6.07, 6.45) is 5.22. The predicted molar refractivity (Wildman–Crippen MR) is 75.6 cm³/mol. The molecule has 7 nitrogen and oxygen atoms in total. The lowest BCUT2D eigenvalue weighted by molar-refractivity contribution is 0.0248. The summed E-state index contributed by atoms with van der Waals surface area (Å²) in [4.78, 5) is 25.2. The van der Waals surface area contributed by atoms with E-state index in [1.807, 2.05) is 13.8 Å². The summed E-state index contributed by atoms with van der Waals surface area (Å²) in [6.45, 7) is 5.22. The molecule has 112 valence electrons. The molecule has 2 atom stereocenters. The summed E-state index contributed by atoms with van der Waals surface area (Å²) >= 11 is 0. The van der Waals surface area contributed by atoms with Gasteiger partial charge in [-0.2, -0.15) is 0 Å². The number of carbonyl (C=O) groups is 1. The minimum absolute atomic E-state index is 0.237. The largest absolute Gasteiger partial charge is 0.390 e. The number of nitrogens with zero attached hydrogens (tertiary/aromatic N) is 4. The fraction of sp³-hybridized carbons (Fsp3) is 0.357. The van der Waals surface area contributed by atoms with Crippen molar-refractivity contribution in [3.63, 3.8) is 0 Å². The molecule has 0 bridgehead atoms. The van der Waals surface area contributed by atoms with Crippen LogP contribution in [-0.2, 0) is 0 Å². The van der Waals surface area contributed by atoms with E-state index in [4.69, 9.17) is 5.11 Å². The minimum atomic E-state index is -0.995. The van der Waals surface area contributed by atoms with Crippen LogP contribution in [0.5, 0.6) is 0 Å². The van der Waals surface area contributed by atoms with Crippen LogP contribution >= 0.6 is 0 Å². The normalized spacial score (nSPS) is 12.8. The van der Waals surface area contributed by atoms with Crippen molar-refractivity contribution in [1.29, 1.82) is 0 Å². The molecule has 0 saturated heterocycles. The third-order valence-corrected chi connectivity index (χ3v) is 2.43. The monoisotopic (exact) mass is 290 g/mol. The Morgan fingerprint density at radius 1 is 0.952 bits per heavy atom. The molecule has 2 N–H and O–H groups in total. The highest BCUT2D eigenvalue weighted by atomic mass is 16.3. The highest BCUT2D eigenvalue weighted by Crippen LogP contribution is 2.10. The first-order chi connectivity index (χ1) is 9.93. The first-order valence-corrected chi connectivity index (χ1v) is 6.32. The van der Waals surface area contributed by atoms with Gasteiger partial charge >= 0.3 is 0 Å². The van der Waals surface area contributed by atoms with Crippen LogP contribution in [0.4, 0.5) is 0 Å². The van der Waals surface area contributed by atoms with Gasteiger partial charge in [-0.1, -0.05) is 0 Å². The van der Waals surface area contributed by atoms with Crippen molar-refractivity contribution in [2.24, 2.45) is 0 Å². The maximum absolute atomic E-state index is 9.99. The van der Waals surface area contributed by atoms with Gasteiger partial charge in [0.25, 0.3) is 0 Å². The lowest BCUT2D eigenvalue weighted by atomic mass is 10.2. The van der Waals surface area contributed by atoms with E-state index in [1.165, 1.54) is 6.92 Å². The maximum Gasteiger partial charge on any atom is 0.192 e. The number of aromatic nitrogens is 4. The molecule has 0 fully saturated rings. The summed E-state index contributed by atoms with van der Waals surface area (Å²) < 4.78 is 0. The zero-order chi connectivity index (χ0) is 15.8. The third kappa shape index (κ3) is 5.72. The minimum Gasteiger partial charge on any atom is -0.390 e. The van der Waals surface area contributed by atoms with Gasteiger partial charge in [-0.3, -0.25) is 4.79 Å². The molecule has 2 aromatic heterocycles. The van der Waals surface area contributed by atoms with Crippen molar-refractivity contribution in [2.45, 2.75) is 33.0 Å². The van der Waals surface area contributed by atoms with Gasteiger partial charge in [-0.25, -0.2) is 19.9 Å². The third-order valence-electron chi connectivity index (χ3n) is 2.43. The zero-order valence-electron chi connectivity index (χ0n) is 12.1. The van der Waals surface area contributed by atoms with Gasteiger partial charge in [0.05, 0.1) is 6.10 Å². The van der Waals surface area contributed by atoms with Gasteiger partial charge < -0.3 is 10.2 Å². The molecule has 21 heavy (non-hydrogen) atoms. The highest BCUT2D eigenvalue weighted by molar-refractivity contribution is 5.68. The maximum atomic E-state index is 9.99. The standard InChI is InChI=1S/C8H12N2O2.C6H6N2O/c1-5-3-9-8(10-4-5)7(12)6(2)11;1-5-2-7-6(4-9)8-3-5/h3-4,6-7,11-12H,1-2H3;2-4H,1H3/t6-,7+;/m1./s1. The summed E-state index contributed by atoms with van der Waals surface area (Å²) in [6, 6.07) is 0. The van der Waals surface area contributed by atoms with Gasteiger partial charge in [0.1, 0.15) is 6.10 Å². The molecule has 0 aliphatic rings. The quantitative estimate of drug-likeness (QED) is 0.804. The average molecular weight is 290 g/mol. The smallest absolute Gasteiger partial charge is 0.192 e. The lowest BCUT2D eigenvalue weighted by Crippen LogP contribution is -2.16. The summed E-state index contributed by atoms with van der Waals surface area (Å²) in [5.41, 5.74) is 1.89. The molecule has 2 rings (SSSR count). The lowest BCUT2D eigenvalue weighted by Gasteiger charge is -2.11. The number of hydrogen-bond acceptors (Lipinski definition) is 7. The first-order valence-electron chi connectivity index (χ1n) is 6.32. The van der Waals surface area contributed by atoms with Crippen molar-refractivity contribution in [3.05, 3.63) is 47.6 Å². The Bertz CT molecular complexity index is 555. The number of rotatable bonds is 3. The van der Waals surface area contributed by atoms with Gasteiger partial charge in [0, 0.05) is 24.8 Å². The van der Waals surface area contributed by atoms with E-state index in [2.05, 4.69) is 19.9 Å². The highest BCUT2D eigenvalue weighted by Gasteiger charge is 2.15. The number of carbonyl (C=O) groups excluding carboxylic acids is 1. The van der Waals surface area contributed by atoms with E-state index < -0.39 is 12.2 Å². The second-order valence-electron chi connectivity index (χ2n) is 4.54. The van der Waals surface area contributed by atoms with Crippen molar-refractivity contribution >= 4 is 6.29 Å². The summed E-state index contributed by atoms with van der Waals surface area (Å²) in [5, 5.41) is 18.3. The van der Waals surface area contributed by atoms with Crippen LogP contribution in [0, 0.1) is 13.8 Å². The fourth-order valence-corrected chi connectivity index (χ4v) is 1.23. The topological polar surface area (TPSA) is 109 Å². The SMILES string of the molecule is Cc1cnc(C=O)nc1.Cc1cnc([C@@H](O)[C@@H](C)O)nc1. The summed E-state index contributed by atoms with van der Waals surface area (Å²) in [5.74, 6) is 0.496. The molecule has 7 heteroatoms. The van der Waals surface area contributed by atoms with E-state index in [0.29, 0.717) is 6.29 Å². The second kappa shape index (κ2) is 8.13. The molecule has 0 aliphatic heterocycles. The van der Waals surface area contributed by atoms with Crippen molar-refractivity contribution in [1.82, 2.24) is 19.9 Å². The molecular weight excluding hydrogens is 272 g/mol. The number of hydrogen-bond donors (Lipinski definition) is 2. The number of aliphatic hydroxyl groups excluding tert-OH is 2. The molecule has 0 amide bonds. The van der Waals surface area contributed by atoms with Crippen LogP contribution in [0.1, 0.15) is 40.6 Å². The van der Waals surface area contributed by atoms with Crippen molar-refractivity contribution in [2.75, 3.05) is 0 Å². The van der Waals surface area contributed by atoms with Crippen LogP contribution in [-0.4, -0.2) is 42.5 Å². The average Bonchev–Trinajstić information content (AvgIpc) is 2.49. The molecule has 0 spiro atoms. The van der Waals surface area contributed by atoms with Crippen LogP contribution in [0.15, 0.2) is 24.8 Å². The Kier molecular flexibility index (Phi) is 6.51. The Morgan fingerprint density at radius 3 is 1.76 bits per heavy atom. The van der Waals surface area contributed by atoms with Crippen LogP contribution in [0.3, 0.4) is 0 Å². The molecule has 2 aromatic rings. The van der Waals surface area contributed by atoms with E-state index in [9.17, 15) is 9.90 Å². The van der Waals surface area contributed by atoms with Crippen LogP contribution in [0.25, 0.3) is 0 Å². The number of aldehydes is 1. The molecule has 0 radical (unpaired) electrons. The molecule has 0 aromatic carbocycles. The van der Waals surface area contributed by atoms with Gasteiger partial charge in [-0.05, 0) is 31.9 Å². The molecule has 0 aliphatic carbocycles. The van der Waals surface area contributed by atoms with E-state index in [-0.39, 0.29) is 11.6 Å². The van der Waals surface area contributed by atoms with Crippen LogP contribution in [0.2, 0.25) is 0 Å². The van der Waals surface area contributed by atoms with E-state index in [1.54, 1.807) is 24.8 Å². The number of aryl methyl sites for hydroxylation is 2. The van der Waals surface area contributed by atoms with Crippen LogP contribution < -0.4 is 0 Å². The van der Waals surface area contributed by atoms with Gasteiger partial charge in [0.15, 0.2) is 17.9 Å². The predicted octanol–water partition coefficient (Wildman–Crippen LogP) is 0.797. The fourth-order valence-electron chi connectivity index (χ4n) is 1.23. The Hall–Kier alpha value is -2.25. The zero-order valence-corrected chi connectivity index (χ0v) is 12.1. The second-order valence-corrected chi connectivity index (χ2v) is 4.54. The number of aliphatic hydroxyl groups is 2. The molecule has 2 heterocycles. The Labute approximate surface area is 122 Å². The van der Waals surface area contributed by atoms with Gasteiger partial charge in [0.2, 0.25) is 0 Å². The first kappa shape index (κ1) is 16.8. The molecular formula is C14H18N4O3. The Balaban J connectivity index is 0.000000219.